The van der Waals surface area contributed by atoms with Gasteiger partial charge in [-0.05, 0) is 54.3 Å². The first-order chi connectivity index (χ1) is 14.0. The number of hydrogen-bond acceptors (Lipinski definition) is 2. The molecule has 0 aliphatic heterocycles. The van der Waals surface area contributed by atoms with Gasteiger partial charge in [0.1, 0.15) is 18.2 Å². The highest BCUT2D eigenvalue weighted by Gasteiger charge is 2.14. The van der Waals surface area contributed by atoms with Gasteiger partial charge in [-0.3, -0.25) is 0 Å². The van der Waals surface area contributed by atoms with Crippen LogP contribution in [0.2, 0.25) is 5.02 Å². The van der Waals surface area contributed by atoms with Crippen molar-refractivity contribution in [1.82, 2.24) is 9.55 Å². The summed E-state index contributed by atoms with van der Waals surface area (Å²) in [5.41, 5.74) is 5.52. The van der Waals surface area contributed by atoms with Crippen LogP contribution in [0.1, 0.15) is 30.9 Å². The zero-order chi connectivity index (χ0) is 20.4. The van der Waals surface area contributed by atoms with Crippen molar-refractivity contribution in [3.63, 3.8) is 0 Å². The summed E-state index contributed by atoms with van der Waals surface area (Å²) in [6.07, 6.45) is 0. The minimum absolute atomic E-state index is 0.418. The van der Waals surface area contributed by atoms with Crippen LogP contribution >= 0.6 is 11.6 Å². The molecule has 4 aromatic rings. The zero-order valence-corrected chi connectivity index (χ0v) is 17.8. The van der Waals surface area contributed by atoms with Crippen LogP contribution < -0.4 is 4.74 Å². The number of ether oxygens (including phenoxy) is 1. The normalized spacial score (nSPS) is 11.3. The maximum atomic E-state index is 6.24. The van der Waals surface area contributed by atoms with Gasteiger partial charge < -0.3 is 9.30 Å². The van der Waals surface area contributed by atoms with Gasteiger partial charge in [0, 0.05) is 10.6 Å². The molecule has 0 aliphatic rings. The van der Waals surface area contributed by atoms with E-state index in [9.17, 15) is 0 Å². The summed E-state index contributed by atoms with van der Waals surface area (Å²) in [6, 6.07) is 22.5. The number of aromatic nitrogens is 2. The SMILES string of the molecule is Cc1ccc(C(C)C)c(OCCn2c(-c3cccc(Cl)c3)nc3ccccc32)c1. The molecule has 148 valence electrons. The van der Waals surface area contributed by atoms with Crippen molar-refractivity contribution in [1.29, 1.82) is 0 Å². The molecule has 4 heteroatoms. The summed E-state index contributed by atoms with van der Waals surface area (Å²) in [5, 5.41) is 0.707. The summed E-state index contributed by atoms with van der Waals surface area (Å²) < 4.78 is 8.46. The minimum atomic E-state index is 0.418. The lowest BCUT2D eigenvalue weighted by atomic mass is 10.0. The van der Waals surface area contributed by atoms with E-state index in [4.69, 9.17) is 21.3 Å². The molecular formula is C25H25ClN2O. The lowest BCUT2D eigenvalue weighted by Crippen LogP contribution is -2.10. The van der Waals surface area contributed by atoms with Gasteiger partial charge in [-0.1, -0.05) is 61.8 Å². The Balaban J connectivity index is 1.65. The lowest BCUT2D eigenvalue weighted by Gasteiger charge is -2.16. The van der Waals surface area contributed by atoms with Crippen LogP contribution in [0.25, 0.3) is 22.4 Å². The Morgan fingerprint density at radius 3 is 2.62 bits per heavy atom. The van der Waals surface area contributed by atoms with Crippen molar-refractivity contribution in [2.45, 2.75) is 33.2 Å². The highest BCUT2D eigenvalue weighted by molar-refractivity contribution is 6.30. The standard InChI is InChI=1S/C25H25ClN2O/c1-17(2)21-12-11-18(3)15-24(21)29-14-13-28-23-10-5-4-9-22(23)27-25(28)19-7-6-8-20(26)16-19/h4-12,15-17H,13-14H2,1-3H3. The average molecular weight is 405 g/mol. The number of imidazole rings is 1. The van der Waals surface area contributed by atoms with E-state index >= 15 is 0 Å². The zero-order valence-electron chi connectivity index (χ0n) is 17.0. The Kier molecular flexibility index (Phi) is 5.59. The van der Waals surface area contributed by atoms with Crippen molar-refractivity contribution in [3.05, 3.63) is 82.9 Å². The molecule has 0 N–H and O–H groups in total. The van der Waals surface area contributed by atoms with Crippen LogP contribution in [0.5, 0.6) is 5.75 Å². The Labute approximate surface area is 176 Å². The maximum Gasteiger partial charge on any atom is 0.141 e. The summed E-state index contributed by atoms with van der Waals surface area (Å²) in [6.45, 7) is 7.75. The molecule has 0 radical (unpaired) electrons. The van der Waals surface area contributed by atoms with Gasteiger partial charge in [0.2, 0.25) is 0 Å². The van der Waals surface area contributed by atoms with E-state index in [1.165, 1.54) is 11.1 Å². The van der Waals surface area contributed by atoms with Gasteiger partial charge in [0.25, 0.3) is 0 Å². The van der Waals surface area contributed by atoms with E-state index in [-0.39, 0.29) is 0 Å². The fourth-order valence-corrected chi connectivity index (χ4v) is 3.83. The molecule has 4 rings (SSSR count). The summed E-state index contributed by atoms with van der Waals surface area (Å²) in [4.78, 5) is 4.86. The van der Waals surface area contributed by atoms with Crippen LogP contribution in [0.15, 0.2) is 66.7 Å². The second-order valence-corrected chi connectivity index (χ2v) is 8.07. The van der Waals surface area contributed by atoms with E-state index in [1.807, 2.05) is 42.5 Å². The van der Waals surface area contributed by atoms with Crippen LogP contribution in [-0.2, 0) is 6.54 Å². The van der Waals surface area contributed by atoms with Gasteiger partial charge in [0.05, 0.1) is 17.6 Å². The van der Waals surface area contributed by atoms with E-state index in [0.717, 1.165) is 28.2 Å². The molecule has 29 heavy (non-hydrogen) atoms. The van der Waals surface area contributed by atoms with E-state index < -0.39 is 0 Å². The Bertz CT molecular complexity index is 1150. The molecule has 3 nitrogen and oxygen atoms in total. The van der Waals surface area contributed by atoms with Gasteiger partial charge in [-0.15, -0.1) is 0 Å². The predicted molar refractivity (Wildman–Crippen MR) is 121 cm³/mol. The van der Waals surface area contributed by atoms with Crippen molar-refractivity contribution in [3.8, 4) is 17.1 Å². The Morgan fingerprint density at radius 2 is 1.83 bits per heavy atom. The van der Waals surface area contributed by atoms with Gasteiger partial charge in [0.15, 0.2) is 0 Å². The first-order valence-corrected chi connectivity index (χ1v) is 10.4. The smallest absolute Gasteiger partial charge is 0.141 e. The van der Waals surface area contributed by atoms with Gasteiger partial charge in [-0.2, -0.15) is 0 Å². The van der Waals surface area contributed by atoms with Crippen molar-refractivity contribution < 1.29 is 4.74 Å². The summed E-state index contributed by atoms with van der Waals surface area (Å²) in [7, 11) is 0. The molecule has 0 atom stereocenters. The van der Waals surface area contributed by atoms with Crippen LogP contribution in [-0.4, -0.2) is 16.2 Å². The fourth-order valence-electron chi connectivity index (χ4n) is 3.64. The molecule has 1 heterocycles. The molecule has 0 unspecified atom stereocenters. The van der Waals surface area contributed by atoms with E-state index in [0.29, 0.717) is 24.1 Å². The molecule has 0 fully saturated rings. The third-order valence-corrected chi connectivity index (χ3v) is 5.34. The summed E-state index contributed by atoms with van der Waals surface area (Å²) >= 11 is 6.23. The monoisotopic (exact) mass is 404 g/mol. The van der Waals surface area contributed by atoms with Gasteiger partial charge in [-0.25, -0.2) is 4.98 Å². The van der Waals surface area contributed by atoms with Crippen molar-refractivity contribution in [2.75, 3.05) is 6.61 Å². The average Bonchev–Trinajstić information content (AvgIpc) is 3.07. The first-order valence-electron chi connectivity index (χ1n) is 9.97. The quantitative estimate of drug-likeness (QED) is 0.350. The Morgan fingerprint density at radius 1 is 1.00 bits per heavy atom. The molecular weight excluding hydrogens is 380 g/mol. The number of nitrogens with zero attached hydrogens (tertiary/aromatic N) is 2. The Hall–Kier alpha value is -2.78. The molecule has 0 bridgehead atoms. The van der Waals surface area contributed by atoms with Gasteiger partial charge >= 0.3 is 0 Å². The van der Waals surface area contributed by atoms with E-state index in [2.05, 4.69) is 49.6 Å². The second-order valence-electron chi connectivity index (χ2n) is 7.63. The van der Waals surface area contributed by atoms with Crippen molar-refractivity contribution >= 4 is 22.6 Å². The number of benzene rings is 3. The predicted octanol–water partition coefficient (Wildman–Crippen LogP) is 6.87. The number of para-hydroxylation sites is 2. The van der Waals surface area contributed by atoms with Crippen LogP contribution in [0.4, 0.5) is 0 Å². The molecule has 0 aliphatic carbocycles. The highest BCUT2D eigenvalue weighted by Crippen LogP contribution is 2.29. The van der Waals surface area contributed by atoms with Crippen molar-refractivity contribution in [2.24, 2.45) is 0 Å². The molecule has 1 aromatic heterocycles. The summed E-state index contributed by atoms with van der Waals surface area (Å²) in [5.74, 6) is 2.29. The number of fused-ring (bicyclic) bond motifs is 1. The molecule has 0 saturated heterocycles. The molecule has 3 aromatic carbocycles. The third kappa shape index (κ3) is 4.15. The topological polar surface area (TPSA) is 27.1 Å². The van der Waals surface area contributed by atoms with E-state index in [1.54, 1.807) is 0 Å². The maximum absolute atomic E-state index is 6.24. The minimum Gasteiger partial charge on any atom is -0.491 e. The third-order valence-electron chi connectivity index (χ3n) is 5.10. The fraction of sp³-hybridized carbons (Fsp3) is 0.240. The highest BCUT2D eigenvalue weighted by atomic mass is 35.5. The number of hydrogen-bond donors (Lipinski definition) is 0. The van der Waals surface area contributed by atoms with Crippen LogP contribution in [0.3, 0.4) is 0 Å². The second kappa shape index (κ2) is 8.30. The number of aryl methyl sites for hydroxylation is 1. The van der Waals surface area contributed by atoms with Crippen LogP contribution in [0, 0.1) is 6.92 Å². The molecule has 0 amide bonds. The lowest BCUT2D eigenvalue weighted by molar-refractivity contribution is 0.296. The number of rotatable bonds is 6. The first kappa shape index (κ1) is 19.5. The molecule has 0 spiro atoms. The molecule has 0 saturated carbocycles. The largest absolute Gasteiger partial charge is 0.491 e. The number of halogens is 1.